The lowest BCUT2D eigenvalue weighted by molar-refractivity contribution is 0.582. The van der Waals surface area contributed by atoms with Crippen LogP contribution in [0.15, 0.2) is 45.6 Å². The van der Waals surface area contributed by atoms with E-state index in [9.17, 15) is 4.39 Å². The first kappa shape index (κ1) is 14.6. The maximum absolute atomic E-state index is 13.4. The minimum Gasteiger partial charge on any atom is -0.313 e. The minimum absolute atomic E-state index is 0.0960. The Morgan fingerprint density at radius 2 is 1.95 bits per heavy atom. The smallest absolute Gasteiger partial charge is 0.124 e. The second kappa shape index (κ2) is 6.59. The first-order chi connectivity index (χ1) is 9.08. The lowest BCUT2D eigenvalue weighted by atomic mass is 10.0. The van der Waals surface area contributed by atoms with Crippen molar-refractivity contribution < 1.29 is 4.39 Å². The summed E-state index contributed by atoms with van der Waals surface area (Å²) in [5, 5.41) is 3.23. The van der Waals surface area contributed by atoms with Crippen molar-refractivity contribution in [3.05, 3.63) is 62.5 Å². The molecule has 1 aromatic carbocycles. The van der Waals surface area contributed by atoms with E-state index in [2.05, 4.69) is 42.2 Å². The van der Waals surface area contributed by atoms with Crippen LogP contribution in [0.3, 0.4) is 0 Å². The summed E-state index contributed by atoms with van der Waals surface area (Å²) in [6.07, 6.45) is 4.26. The first-order valence-corrected chi connectivity index (χ1v) is 7.40. The number of likely N-dealkylation sites (N-methyl/N-ethyl adjacent to an activating group) is 1. The number of halogens is 3. The molecule has 2 aromatic rings. The molecule has 0 aliphatic carbocycles. The second-order valence-electron chi connectivity index (χ2n) is 4.26. The molecule has 100 valence electrons. The number of rotatable bonds is 4. The van der Waals surface area contributed by atoms with Gasteiger partial charge in [0.25, 0.3) is 0 Å². The lowest BCUT2D eigenvalue weighted by Gasteiger charge is -2.17. The van der Waals surface area contributed by atoms with Gasteiger partial charge in [-0.15, -0.1) is 0 Å². The zero-order valence-corrected chi connectivity index (χ0v) is 13.5. The molecule has 0 aliphatic rings. The van der Waals surface area contributed by atoms with E-state index in [1.807, 2.05) is 25.4 Å². The monoisotopic (exact) mass is 386 g/mol. The summed E-state index contributed by atoms with van der Waals surface area (Å²) in [5.74, 6) is -0.230. The number of nitrogens with zero attached hydrogens (tertiary/aromatic N) is 1. The van der Waals surface area contributed by atoms with Crippen LogP contribution < -0.4 is 5.32 Å². The van der Waals surface area contributed by atoms with Crippen LogP contribution in [-0.4, -0.2) is 12.0 Å². The number of nitrogens with one attached hydrogen (secondary N) is 1. The molecule has 2 nitrogen and oxygen atoms in total. The van der Waals surface area contributed by atoms with E-state index in [0.29, 0.717) is 6.42 Å². The number of hydrogen-bond donors (Lipinski definition) is 1. The Morgan fingerprint density at radius 1 is 1.16 bits per heavy atom. The molecule has 0 saturated heterocycles. The van der Waals surface area contributed by atoms with Crippen molar-refractivity contribution in [2.75, 3.05) is 7.05 Å². The van der Waals surface area contributed by atoms with E-state index >= 15 is 0 Å². The van der Waals surface area contributed by atoms with Gasteiger partial charge in [0.15, 0.2) is 0 Å². The van der Waals surface area contributed by atoms with Crippen LogP contribution >= 0.6 is 31.9 Å². The molecule has 19 heavy (non-hydrogen) atoms. The molecule has 0 spiro atoms. The van der Waals surface area contributed by atoms with Crippen molar-refractivity contribution in [1.29, 1.82) is 0 Å². The third-order valence-corrected chi connectivity index (χ3v) is 3.73. The third-order valence-electron chi connectivity index (χ3n) is 2.84. The average molecular weight is 388 g/mol. The standard InChI is InChI=1S/C14H13Br2FN2/c1-18-14(10-5-12(16)8-19-7-10)4-9-2-11(15)6-13(17)3-9/h2-3,5-8,14,18H,4H2,1H3. The quantitative estimate of drug-likeness (QED) is 0.848. The van der Waals surface area contributed by atoms with Crippen molar-refractivity contribution in [2.45, 2.75) is 12.5 Å². The third kappa shape index (κ3) is 4.09. The Labute approximate surface area is 128 Å². The molecule has 0 saturated carbocycles. The van der Waals surface area contributed by atoms with Gasteiger partial charge >= 0.3 is 0 Å². The SMILES string of the molecule is CNC(Cc1cc(F)cc(Br)c1)c1cncc(Br)c1. The minimum atomic E-state index is -0.230. The van der Waals surface area contributed by atoms with Gasteiger partial charge in [-0.05, 0) is 64.8 Å². The summed E-state index contributed by atoms with van der Waals surface area (Å²) >= 11 is 6.72. The maximum atomic E-state index is 13.4. The Hall–Kier alpha value is -0.780. The van der Waals surface area contributed by atoms with Gasteiger partial charge in [0.05, 0.1) is 0 Å². The van der Waals surface area contributed by atoms with Crippen LogP contribution in [0.25, 0.3) is 0 Å². The zero-order chi connectivity index (χ0) is 13.8. The fourth-order valence-corrected chi connectivity index (χ4v) is 2.87. The second-order valence-corrected chi connectivity index (χ2v) is 6.09. The van der Waals surface area contributed by atoms with E-state index in [1.165, 1.54) is 6.07 Å². The Morgan fingerprint density at radius 3 is 2.58 bits per heavy atom. The van der Waals surface area contributed by atoms with Crippen LogP contribution in [-0.2, 0) is 6.42 Å². The van der Waals surface area contributed by atoms with Gasteiger partial charge in [0.2, 0.25) is 0 Å². The number of pyridine rings is 1. The molecule has 0 amide bonds. The van der Waals surface area contributed by atoms with Crippen molar-refractivity contribution in [3.8, 4) is 0 Å². The highest BCUT2D eigenvalue weighted by molar-refractivity contribution is 9.10. The zero-order valence-electron chi connectivity index (χ0n) is 10.3. The Balaban J connectivity index is 2.23. The van der Waals surface area contributed by atoms with Crippen molar-refractivity contribution in [2.24, 2.45) is 0 Å². The van der Waals surface area contributed by atoms with Crippen LogP contribution in [0.1, 0.15) is 17.2 Å². The van der Waals surface area contributed by atoms with Gasteiger partial charge in [-0.3, -0.25) is 4.98 Å². The van der Waals surface area contributed by atoms with Crippen molar-refractivity contribution in [1.82, 2.24) is 10.3 Å². The molecule has 0 aliphatic heterocycles. The first-order valence-electron chi connectivity index (χ1n) is 5.81. The Kier molecular flexibility index (Phi) is 5.07. The molecular formula is C14H13Br2FN2. The molecule has 1 heterocycles. The normalized spacial score (nSPS) is 12.4. The maximum Gasteiger partial charge on any atom is 0.124 e. The van der Waals surface area contributed by atoms with Crippen molar-refractivity contribution in [3.63, 3.8) is 0 Å². The molecular weight excluding hydrogens is 375 g/mol. The predicted octanol–water partition coefficient (Wildman–Crippen LogP) is 4.25. The molecule has 1 unspecified atom stereocenters. The van der Waals surface area contributed by atoms with E-state index in [0.717, 1.165) is 20.1 Å². The molecule has 0 fully saturated rings. The average Bonchev–Trinajstić information content (AvgIpc) is 2.34. The van der Waals surface area contributed by atoms with E-state index in [-0.39, 0.29) is 11.9 Å². The summed E-state index contributed by atoms with van der Waals surface area (Å²) in [5.41, 5.74) is 2.00. The molecule has 2 rings (SSSR count). The summed E-state index contributed by atoms with van der Waals surface area (Å²) in [7, 11) is 1.89. The molecule has 1 N–H and O–H groups in total. The lowest BCUT2D eigenvalue weighted by Crippen LogP contribution is -2.19. The molecule has 5 heteroatoms. The number of benzene rings is 1. The van der Waals surface area contributed by atoms with Crippen LogP contribution in [0.2, 0.25) is 0 Å². The van der Waals surface area contributed by atoms with Crippen LogP contribution in [0, 0.1) is 5.82 Å². The summed E-state index contributed by atoms with van der Waals surface area (Å²) in [4.78, 5) is 4.16. The fourth-order valence-electron chi connectivity index (χ4n) is 1.97. The highest BCUT2D eigenvalue weighted by atomic mass is 79.9. The van der Waals surface area contributed by atoms with Gasteiger partial charge in [-0.25, -0.2) is 4.39 Å². The van der Waals surface area contributed by atoms with Gasteiger partial charge in [-0.2, -0.15) is 0 Å². The van der Waals surface area contributed by atoms with E-state index in [1.54, 1.807) is 12.3 Å². The van der Waals surface area contributed by atoms with Crippen molar-refractivity contribution >= 4 is 31.9 Å². The summed E-state index contributed by atoms with van der Waals surface area (Å²) in [6.45, 7) is 0. The summed E-state index contributed by atoms with van der Waals surface area (Å²) in [6, 6.07) is 7.05. The van der Waals surface area contributed by atoms with Gasteiger partial charge in [0, 0.05) is 27.4 Å². The molecule has 1 atom stereocenters. The number of hydrogen-bond acceptors (Lipinski definition) is 2. The predicted molar refractivity (Wildman–Crippen MR) is 81.5 cm³/mol. The molecule has 0 bridgehead atoms. The summed E-state index contributed by atoms with van der Waals surface area (Å²) < 4.78 is 15.1. The molecule has 0 radical (unpaired) electrons. The Bertz CT molecular complexity index is 555. The fraction of sp³-hybridized carbons (Fsp3) is 0.214. The van der Waals surface area contributed by atoms with E-state index < -0.39 is 0 Å². The number of aromatic nitrogens is 1. The van der Waals surface area contributed by atoms with Crippen LogP contribution in [0.5, 0.6) is 0 Å². The van der Waals surface area contributed by atoms with E-state index in [4.69, 9.17) is 0 Å². The largest absolute Gasteiger partial charge is 0.313 e. The van der Waals surface area contributed by atoms with Crippen LogP contribution in [0.4, 0.5) is 4.39 Å². The van der Waals surface area contributed by atoms with Gasteiger partial charge < -0.3 is 5.32 Å². The topological polar surface area (TPSA) is 24.9 Å². The van der Waals surface area contributed by atoms with Gasteiger partial charge in [0.1, 0.15) is 5.82 Å². The highest BCUT2D eigenvalue weighted by Gasteiger charge is 2.12. The highest BCUT2D eigenvalue weighted by Crippen LogP contribution is 2.23. The molecule has 1 aromatic heterocycles. The van der Waals surface area contributed by atoms with Gasteiger partial charge in [-0.1, -0.05) is 15.9 Å².